The van der Waals surface area contributed by atoms with Crippen molar-refractivity contribution in [2.45, 2.75) is 119 Å². The minimum absolute atomic E-state index is 0.0533. The van der Waals surface area contributed by atoms with Gasteiger partial charge in [-0.2, -0.15) is 0 Å². The molecule has 0 aromatic carbocycles. The lowest BCUT2D eigenvalue weighted by Crippen LogP contribution is -2.64. The summed E-state index contributed by atoms with van der Waals surface area (Å²) in [6, 6.07) is 0. The van der Waals surface area contributed by atoms with Crippen LogP contribution in [0.1, 0.15) is 113 Å². The summed E-state index contributed by atoms with van der Waals surface area (Å²) in [5, 5.41) is 10.9. The molecule has 0 amide bonds. The fourth-order valence-electron chi connectivity index (χ4n) is 10.8. The number of allylic oxidation sites excluding steroid dienone is 2. The van der Waals surface area contributed by atoms with Crippen LogP contribution in [0.25, 0.3) is 0 Å². The number of hydrogen-bond donors (Lipinski definition) is 1. The van der Waals surface area contributed by atoms with E-state index in [1.54, 1.807) is 0 Å². The monoisotopic (exact) mass is 426 g/mol. The molecule has 0 aliphatic heterocycles. The summed E-state index contributed by atoms with van der Waals surface area (Å²) in [5.74, 6) is 3.90. The Morgan fingerprint density at radius 1 is 0.806 bits per heavy atom. The van der Waals surface area contributed by atoms with E-state index in [9.17, 15) is 5.11 Å². The molecule has 0 heterocycles. The molecule has 5 aliphatic carbocycles. The first-order chi connectivity index (χ1) is 14.3. The van der Waals surface area contributed by atoms with Gasteiger partial charge in [0.2, 0.25) is 0 Å². The van der Waals surface area contributed by atoms with Crippen molar-refractivity contribution in [2.75, 3.05) is 0 Å². The van der Waals surface area contributed by atoms with E-state index >= 15 is 0 Å². The Morgan fingerprint density at radius 2 is 1.52 bits per heavy atom. The van der Waals surface area contributed by atoms with Crippen LogP contribution >= 0.6 is 0 Å². The van der Waals surface area contributed by atoms with Gasteiger partial charge in [-0.05, 0) is 114 Å². The van der Waals surface area contributed by atoms with Crippen molar-refractivity contribution >= 4 is 0 Å². The van der Waals surface area contributed by atoms with Gasteiger partial charge in [0.15, 0.2) is 0 Å². The van der Waals surface area contributed by atoms with Gasteiger partial charge in [-0.3, -0.25) is 0 Å². The summed E-state index contributed by atoms with van der Waals surface area (Å²) in [7, 11) is 0. The Balaban J connectivity index is 1.59. The van der Waals surface area contributed by atoms with Crippen molar-refractivity contribution in [2.24, 2.45) is 56.7 Å². The second-order valence-electron chi connectivity index (χ2n) is 14.7. The molecule has 0 saturated heterocycles. The van der Waals surface area contributed by atoms with E-state index in [1.165, 1.54) is 51.4 Å². The molecule has 5 aliphatic rings. The lowest BCUT2D eigenvalue weighted by atomic mass is 9.33. The third-order valence-electron chi connectivity index (χ3n) is 13.4. The van der Waals surface area contributed by atoms with Crippen molar-refractivity contribution in [1.29, 1.82) is 0 Å². The van der Waals surface area contributed by atoms with E-state index in [0.717, 1.165) is 30.1 Å². The molecule has 0 radical (unpaired) electrons. The first kappa shape index (κ1) is 22.5. The van der Waals surface area contributed by atoms with Gasteiger partial charge >= 0.3 is 0 Å². The minimum Gasteiger partial charge on any atom is -0.393 e. The van der Waals surface area contributed by atoms with E-state index in [0.29, 0.717) is 27.6 Å². The van der Waals surface area contributed by atoms with E-state index in [2.05, 4.69) is 61.5 Å². The Hall–Kier alpha value is -0.300. The summed E-state index contributed by atoms with van der Waals surface area (Å²) in [6.07, 6.45) is 14.5. The molecule has 5 rings (SSSR count). The fraction of sp³-hybridized carbons (Fsp3) is 0.933. The van der Waals surface area contributed by atoms with Crippen molar-refractivity contribution in [1.82, 2.24) is 0 Å². The maximum atomic E-state index is 10.9. The third kappa shape index (κ3) is 2.65. The van der Waals surface area contributed by atoms with Crippen molar-refractivity contribution in [3.63, 3.8) is 0 Å². The van der Waals surface area contributed by atoms with Gasteiger partial charge in [0.05, 0.1) is 6.10 Å². The molecular weight excluding hydrogens is 376 g/mol. The molecule has 31 heavy (non-hydrogen) atoms. The van der Waals surface area contributed by atoms with Crippen LogP contribution in [0, 0.1) is 56.7 Å². The van der Waals surface area contributed by atoms with Crippen LogP contribution in [0.4, 0.5) is 0 Å². The third-order valence-corrected chi connectivity index (χ3v) is 13.4. The number of hydrogen-bond acceptors (Lipinski definition) is 1. The number of rotatable bonds is 0. The largest absolute Gasteiger partial charge is 0.393 e. The molecule has 0 unspecified atom stereocenters. The van der Waals surface area contributed by atoms with Crippen LogP contribution in [0.15, 0.2) is 11.6 Å². The highest BCUT2D eigenvalue weighted by molar-refractivity contribution is 5.33. The van der Waals surface area contributed by atoms with Crippen LogP contribution < -0.4 is 0 Å². The van der Waals surface area contributed by atoms with Crippen LogP contribution in [0.3, 0.4) is 0 Å². The second kappa shape index (κ2) is 6.64. The van der Waals surface area contributed by atoms with Gasteiger partial charge in [0.1, 0.15) is 0 Å². The standard InChI is InChI=1S/C30H50O/c1-19-11-14-27(5)17-18-29(7)21(25(27)20(19)2)9-10-23-28(6)15-13-24(31)26(3,4)22(28)12-16-30(23,29)8/h9,19-20,22-25,31H,10-18H2,1-8H3/t19-,20+,22-,23-,24+,25+,27-,28+,29-,30-/m1/s1. The topological polar surface area (TPSA) is 20.2 Å². The SMILES string of the molecule is C[C@H]1[C@H](C)CC[C@]2(C)CC[C@]3(C)C(=CC[C@@H]4[C@@]5(C)CC[C@H](O)C(C)(C)[C@H]5CC[C@]43C)[C@H]12. The lowest BCUT2D eigenvalue weighted by molar-refractivity contribution is -0.203. The highest BCUT2D eigenvalue weighted by Gasteiger charge is 2.67. The van der Waals surface area contributed by atoms with Crippen LogP contribution in [0.5, 0.6) is 0 Å². The average molecular weight is 427 g/mol. The molecule has 0 bridgehead atoms. The van der Waals surface area contributed by atoms with Crippen molar-refractivity contribution < 1.29 is 5.11 Å². The highest BCUT2D eigenvalue weighted by atomic mass is 16.3. The molecule has 4 fully saturated rings. The molecule has 10 atom stereocenters. The van der Waals surface area contributed by atoms with E-state index in [1.807, 2.05) is 5.57 Å². The highest BCUT2D eigenvalue weighted by Crippen LogP contribution is 2.75. The summed E-state index contributed by atoms with van der Waals surface area (Å²) in [6.45, 7) is 20.5. The van der Waals surface area contributed by atoms with Crippen LogP contribution in [-0.4, -0.2) is 11.2 Å². The quantitative estimate of drug-likeness (QED) is 0.389. The first-order valence-electron chi connectivity index (χ1n) is 13.7. The predicted molar refractivity (Wildman–Crippen MR) is 131 cm³/mol. The van der Waals surface area contributed by atoms with Gasteiger partial charge in [-0.25, -0.2) is 0 Å². The fourth-order valence-corrected chi connectivity index (χ4v) is 10.8. The van der Waals surface area contributed by atoms with Gasteiger partial charge in [0, 0.05) is 0 Å². The summed E-state index contributed by atoms with van der Waals surface area (Å²) in [5.41, 5.74) is 3.60. The summed E-state index contributed by atoms with van der Waals surface area (Å²) < 4.78 is 0. The number of aliphatic hydroxyl groups excluding tert-OH is 1. The van der Waals surface area contributed by atoms with E-state index < -0.39 is 0 Å². The smallest absolute Gasteiger partial charge is 0.0594 e. The second-order valence-corrected chi connectivity index (χ2v) is 14.7. The maximum absolute atomic E-state index is 10.9. The molecule has 1 N–H and O–H groups in total. The molecular formula is C30H50O. The molecule has 176 valence electrons. The maximum Gasteiger partial charge on any atom is 0.0594 e. The molecule has 0 aromatic rings. The summed E-state index contributed by atoms with van der Waals surface area (Å²) >= 11 is 0. The minimum atomic E-state index is -0.125. The number of fused-ring (bicyclic) bond motifs is 7. The lowest BCUT2D eigenvalue weighted by Gasteiger charge is -2.71. The van der Waals surface area contributed by atoms with Crippen molar-refractivity contribution in [3.05, 3.63) is 11.6 Å². The molecule has 1 heteroatoms. The molecule has 4 saturated carbocycles. The van der Waals surface area contributed by atoms with E-state index in [4.69, 9.17) is 0 Å². The Morgan fingerprint density at radius 3 is 2.23 bits per heavy atom. The molecule has 0 spiro atoms. The normalized spacial score (nSPS) is 58.3. The van der Waals surface area contributed by atoms with Gasteiger partial charge in [-0.15, -0.1) is 0 Å². The molecule has 1 nitrogen and oxygen atoms in total. The number of aliphatic hydroxyl groups is 1. The van der Waals surface area contributed by atoms with Gasteiger partial charge in [0.25, 0.3) is 0 Å². The zero-order valence-electron chi connectivity index (χ0n) is 21.9. The summed E-state index contributed by atoms with van der Waals surface area (Å²) in [4.78, 5) is 0. The predicted octanol–water partition coefficient (Wildman–Crippen LogP) is 8.02. The van der Waals surface area contributed by atoms with Crippen LogP contribution in [0.2, 0.25) is 0 Å². The average Bonchev–Trinajstić information content (AvgIpc) is 2.69. The Bertz CT molecular complexity index is 779. The van der Waals surface area contributed by atoms with Crippen LogP contribution in [-0.2, 0) is 0 Å². The van der Waals surface area contributed by atoms with E-state index in [-0.39, 0.29) is 11.5 Å². The Kier molecular flexibility index (Phi) is 4.82. The Labute approximate surface area is 192 Å². The molecule has 0 aromatic heterocycles. The zero-order chi connectivity index (χ0) is 22.6. The first-order valence-corrected chi connectivity index (χ1v) is 13.7. The zero-order valence-corrected chi connectivity index (χ0v) is 21.9. The van der Waals surface area contributed by atoms with Gasteiger partial charge in [-0.1, -0.05) is 67.0 Å². The van der Waals surface area contributed by atoms with Crippen molar-refractivity contribution in [3.8, 4) is 0 Å². The van der Waals surface area contributed by atoms with Gasteiger partial charge < -0.3 is 5.11 Å².